The largest absolute Gasteiger partial charge is 0.477 e. The molecular formula is C13H21NO2. The zero-order valence-corrected chi connectivity index (χ0v) is 10.4. The van der Waals surface area contributed by atoms with Gasteiger partial charge in [-0.25, -0.2) is 4.79 Å². The van der Waals surface area contributed by atoms with Crippen LogP contribution in [-0.2, 0) is 4.79 Å². The van der Waals surface area contributed by atoms with Crippen molar-refractivity contribution in [2.75, 3.05) is 0 Å². The molecule has 0 radical (unpaired) electrons. The lowest BCUT2D eigenvalue weighted by Gasteiger charge is -2.11. The minimum Gasteiger partial charge on any atom is -0.477 e. The number of nitriles is 1. The van der Waals surface area contributed by atoms with Gasteiger partial charge < -0.3 is 5.11 Å². The molecule has 0 aromatic carbocycles. The summed E-state index contributed by atoms with van der Waals surface area (Å²) in [5.41, 5.74) is 0.753. The fourth-order valence-corrected chi connectivity index (χ4v) is 1.69. The van der Waals surface area contributed by atoms with E-state index in [0.717, 1.165) is 31.3 Å². The molecule has 0 saturated carbocycles. The maximum absolute atomic E-state index is 10.9. The van der Waals surface area contributed by atoms with E-state index in [9.17, 15) is 4.79 Å². The van der Waals surface area contributed by atoms with Gasteiger partial charge in [0.1, 0.15) is 11.6 Å². The molecule has 0 aromatic rings. The van der Waals surface area contributed by atoms with Gasteiger partial charge in [0.05, 0.1) is 0 Å². The van der Waals surface area contributed by atoms with Crippen LogP contribution in [0.2, 0.25) is 0 Å². The highest BCUT2D eigenvalue weighted by Gasteiger charge is 2.14. The first-order valence-electron chi connectivity index (χ1n) is 5.88. The van der Waals surface area contributed by atoms with Crippen LogP contribution in [-0.4, -0.2) is 11.1 Å². The monoisotopic (exact) mass is 223 g/mol. The summed E-state index contributed by atoms with van der Waals surface area (Å²) in [6.45, 7) is 6.18. The molecule has 16 heavy (non-hydrogen) atoms. The highest BCUT2D eigenvalue weighted by molar-refractivity contribution is 5.92. The normalized spacial score (nSPS) is 12.2. The number of hydrogen-bond acceptors (Lipinski definition) is 2. The molecule has 3 nitrogen and oxygen atoms in total. The topological polar surface area (TPSA) is 61.1 Å². The summed E-state index contributed by atoms with van der Waals surface area (Å²) in [6.07, 6.45) is 4.60. The lowest BCUT2D eigenvalue weighted by molar-refractivity contribution is -0.132. The summed E-state index contributed by atoms with van der Waals surface area (Å²) >= 11 is 0. The van der Waals surface area contributed by atoms with Gasteiger partial charge in [-0.2, -0.15) is 5.26 Å². The van der Waals surface area contributed by atoms with Crippen LogP contribution in [0.5, 0.6) is 0 Å². The smallest absolute Gasteiger partial charge is 0.346 e. The summed E-state index contributed by atoms with van der Waals surface area (Å²) in [7, 11) is 0. The van der Waals surface area contributed by atoms with Crippen molar-refractivity contribution in [3.05, 3.63) is 11.1 Å². The zero-order chi connectivity index (χ0) is 12.6. The lowest BCUT2D eigenvalue weighted by atomic mass is 9.94. The highest BCUT2D eigenvalue weighted by Crippen LogP contribution is 2.21. The number of allylic oxidation sites excluding steroid dienone is 1. The molecule has 0 spiro atoms. The molecule has 1 N–H and O–H groups in total. The maximum atomic E-state index is 10.9. The van der Waals surface area contributed by atoms with Gasteiger partial charge in [-0.3, -0.25) is 0 Å². The molecule has 0 rings (SSSR count). The molecule has 0 bridgehead atoms. The van der Waals surface area contributed by atoms with Gasteiger partial charge >= 0.3 is 5.97 Å². The first-order valence-corrected chi connectivity index (χ1v) is 5.88. The van der Waals surface area contributed by atoms with Crippen LogP contribution in [0.25, 0.3) is 0 Å². The molecular weight excluding hydrogens is 202 g/mol. The van der Waals surface area contributed by atoms with Crippen LogP contribution >= 0.6 is 0 Å². The predicted molar refractivity (Wildman–Crippen MR) is 63.9 cm³/mol. The van der Waals surface area contributed by atoms with Gasteiger partial charge in [0, 0.05) is 0 Å². The molecule has 0 aromatic heterocycles. The third-order valence-electron chi connectivity index (χ3n) is 2.42. The average molecular weight is 223 g/mol. The Morgan fingerprint density at radius 2 is 2.00 bits per heavy atom. The minimum absolute atomic E-state index is 0.0511. The Morgan fingerprint density at radius 3 is 2.38 bits per heavy atom. The molecule has 0 saturated heterocycles. The Bertz CT molecular complexity index is 298. The van der Waals surface area contributed by atoms with Crippen molar-refractivity contribution in [1.29, 1.82) is 5.26 Å². The number of nitrogens with zero attached hydrogens (tertiary/aromatic N) is 1. The summed E-state index contributed by atoms with van der Waals surface area (Å²) < 4.78 is 0. The second-order valence-corrected chi connectivity index (χ2v) is 4.45. The number of hydrogen-bond donors (Lipinski definition) is 1. The van der Waals surface area contributed by atoms with Crippen molar-refractivity contribution in [3.8, 4) is 6.07 Å². The van der Waals surface area contributed by atoms with Gasteiger partial charge in [-0.1, -0.05) is 33.6 Å². The zero-order valence-electron chi connectivity index (χ0n) is 10.4. The van der Waals surface area contributed by atoms with Gasteiger partial charge in [0.2, 0.25) is 0 Å². The van der Waals surface area contributed by atoms with E-state index in [1.165, 1.54) is 0 Å². The quantitative estimate of drug-likeness (QED) is 0.408. The molecule has 0 unspecified atom stereocenters. The first-order chi connectivity index (χ1) is 7.52. The van der Waals surface area contributed by atoms with Crippen molar-refractivity contribution in [1.82, 2.24) is 0 Å². The van der Waals surface area contributed by atoms with Crippen molar-refractivity contribution in [2.24, 2.45) is 5.92 Å². The molecule has 0 amide bonds. The van der Waals surface area contributed by atoms with Crippen molar-refractivity contribution < 1.29 is 9.90 Å². The van der Waals surface area contributed by atoms with Gasteiger partial charge in [-0.15, -0.1) is 0 Å². The van der Waals surface area contributed by atoms with E-state index in [2.05, 4.69) is 6.92 Å². The molecule has 3 heteroatoms. The molecule has 0 aliphatic heterocycles. The van der Waals surface area contributed by atoms with E-state index < -0.39 is 5.97 Å². The Hall–Kier alpha value is -1.30. The van der Waals surface area contributed by atoms with Crippen LogP contribution in [0, 0.1) is 17.2 Å². The molecule has 0 atom stereocenters. The van der Waals surface area contributed by atoms with Gasteiger partial charge in [0.15, 0.2) is 0 Å². The van der Waals surface area contributed by atoms with E-state index in [1.54, 1.807) is 0 Å². The maximum Gasteiger partial charge on any atom is 0.346 e. The fraction of sp³-hybridized carbons (Fsp3) is 0.692. The van der Waals surface area contributed by atoms with Crippen LogP contribution < -0.4 is 0 Å². The lowest BCUT2D eigenvalue weighted by Crippen LogP contribution is -2.05. The van der Waals surface area contributed by atoms with Crippen LogP contribution in [0.3, 0.4) is 0 Å². The van der Waals surface area contributed by atoms with Crippen LogP contribution in [0.4, 0.5) is 0 Å². The second kappa shape index (κ2) is 7.92. The number of unbranched alkanes of at least 4 members (excludes halogenated alkanes) is 2. The number of carbonyl (C=O) groups is 1. The van der Waals surface area contributed by atoms with Gasteiger partial charge in [-0.05, 0) is 30.8 Å². The Morgan fingerprint density at radius 1 is 1.38 bits per heavy atom. The third-order valence-corrected chi connectivity index (χ3v) is 2.42. The van der Waals surface area contributed by atoms with Crippen molar-refractivity contribution in [3.63, 3.8) is 0 Å². The molecule has 0 heterocycles. The Balaban J connectivity index is 4.76. The van der Waals surface area contributed by atoms with Crippen molar-refractivity contribution in [2.45, 2.75) is 52.9 Å². The number of carboxylic acid groups (broad SMARTS) is 1. The van der Waals surface area contributed by atoms with E-state index in [1.807, 2.05) is 19.9 Å². The molecule has 0 aliphatic carbocycles. The van der Waals surface area contributed by atoms with Crippen molar-refractivity contribution >= 4 is 5.97 Å². The van der Waals surface area contributed by atoms with E-state index in [4.69, 9.17) is 10.4 Å². The highest BCUT2D eigenvalue weighted by atomic mass is 16.4. The van der Waals surface area contributed by atoms with E-state index >= 15 is 0 Å². The Labute approximate surface area is 97.8 Å². The average Bonchev–Trinajstić information content (AvgIpc) is 2.17. The van der Waals surface area contributed by atoms with Crippen LogP contribution in [0.1, 0.15) is 52.9 Å². The van der Waals surface area contributed by atoms with Gasteiger partial charge in [0.25, 0.3) is 0 Å². The second-order valence-electron chi connectivity index (χ2n) is 4.45. The Kier molecular flexibility index (Phi) is 7.28. The standard InChI is InChI=1S/C13H21NO2/c1-4-5-6-7-11(8-10(2)3)12(9-14)13(15)16/h10H,4-8H2,1-3H3,(H,15,16). The summed E-state index contributed by atoms with van der Waals surface area (Å²) in [6, 6.07) is 1.81. The molecule has 0 aliphatic rings. The minimum atomic E-state index is -1.09. The fourth-order valence-electron chi connectivity index (χ4n) is 1.69. The number of rotatable bonds is 7. The number of carboxylic acids is 1. The summed E-state index contributed by atoms with van der Waals surface area (Å²) in [5, 5.41) is 17.8. The first kappa shape index (κ1) is 14.7. The van der Waals surface area contributed by atoms with Crippen LogP contribution in [0.15, 0.2) is 11.1 Å². The number of aliphatic carboxylic acids is 1. The molecule has 0 fully saturated rings. The molecule has 90 valence electrons. The van der Waals surface area contributed by atoms with E-state index in [0.29, 0.717) is 12.3 Å². The summed E-state index contributed by atoms with van der Waals surface area (Å²) in [5.74, 6) is -0.700. The summed E-state index contributed by atoms with van der Waals surface area (Å²) in [4.78, 5) is 10.9. The SMILES string of the molecule is CCCCCC(CC(C)C)=C(C#N)C(=O)O. The van der Waals surface area contributed by atoms with E-state index in [-0.39, 0.29) is 5.57 Å². The third kappa shape index (κ3) is 5.55. The predicted octanol–water partition coefficient (Wildman–Crippen LogP) is 3.52.